The molecule has 4 aromatic rings. The first-order valence-corrected chi connectivity index (χ1v) is 8.93. The highest BCUT2D eigenvalue weighted by Crippen LogP contribution is 2.38. The topological polar surface area (TPSA) is 56.5 Å². The van der Waals surface area contributed by atoms with Crippen LogP contribution in [0.5, 0.6) is 0 Å². The second kappa shape index (κ2) is 6.63. The lowest BCUT2D eigenvalue weighted by molar-refractivity contribution is 0.771. The number of hydrogen-bond donors (Lipinski definition) is 0. The molecule has 4 rings (SSSR count). The van der Waals surface area contributed by atoms with E-state index < -0.39 is 0 Å². The summed E-state index contributed by atoms with van der Waals surface area (Å²) in [5.41, 5.74) is 2.92. The van der Waals surface area contributed by atoms with E-state index in [2.05, 4.69) is 20.1 Å². The van der Waals surface area contributed by atoms with Crippen LogP contribution >= 0.6 is 35.0 Å². The number of hydrogen-bond acceptors (Lipinski definition) is 5. The molecule has 0 N–H and O–H groups in total. The van der Waals surface area contributed by atoms with Gasteiger partial charge >= 0.3 is 0 Å². The predicted octanol–water partition coefficient (Wildman–Crippen LogP) is 4.88. The fraction of sp³-hybridized carbons (Fsp3) is 0.0588. The average Bonchev–Trinajstić information content (AvgIpc) is 3.03. The minimum Gasteiger partial charge on any atom is -0.275 e. The normalized spacial score (nSPS) is 11.2. The molecular formula is C17H11Cl2N5S. The van der Waals surface area contributed by atoms with Gasteiger partial charge in [-0.1, -0.05) is 47.1 Å². The van der Waals surface area contributed by atoms with Crippen LogP contribution in [0.25, 0.3) is 22.4 Å². The summed E-state index contributed by atoms with van der Waals surface area (Å²) in [7, 11) is 1.88. The first-order valence-electron chi connectivity index (χ1n) is 7.36. The van der Waals surface area contributed by atoms with Gasteiger partial charge in [-0.15, -0.1) is 0 Å². The van der Waals surface area contributed by atoms with E-state index in [0.717, 1.165) is 21.2 Å². The Morgan fingerprint density at radius 1 is 1.04 bits per heavy atom. The van der Waals surface area contributed by atoms with Crippen LogP contribution in [0.2, 0.25) is 10.2 Å². The third-order valence-electron chi connectivity index (χ3n) is 3.52. The zero-order chi connectivity index (χ0) is 17.4. The zero-order valence-corrected chi connectivity index (χ0v) is 15.3. The molecule has 0 saturated heterocycles. The van der Waals surface area contributed by atoms with E-state index in [1.54, 1.807) is 23.0 Å². The first-order chi connectivity index (χ1) is 12.1. The van der Waals surface area contributed by atoms with Crippen molar-refractivity contribution in [1.82, 2.24) is 24.7 Å². The third-order valence-corrected chi connectivity index (χ3v) is 5.21. The number of pyridine rings is 1. The van der Waals surface area contributed by atoms with Gasteiger partial charge in [0, 0.05) is 23.7 Å². The molecule has 0 bridgehead atoms. The van der Waals surface area contributed by atoms with Crippen LogP contribution in [0.1, 0.15) is 0 Å². The van der Waals surface area contributed by atoms with Gasteiger partial charge in [-0.2, -0.15) is 5.10 Å². The highest BCUT2D eigenvalue weighted by molar-refractivity contribution is 7.99. The molecule has 0 aliphatic carbocycles. The molecule has 0 unspecified atom stereocenters. The Balaban J connectivity index is 1.70. The summed E-state index contributed by atoms with van der Waals surface area (Å²) in [6, 6.07) is 11.3. The van der Waals surface area contributed by atoms with E-state index in [1.807, 2.05) is 37.5 Å². The molecule has 0 radical (unpaired) electrons. The van der Waals surface area contributed by atoms with Crippen LogP contribution in [0, 0.1) is 0 Å². The molecule has 0 amide bonds. The minimum absolute atomic E-state index is 0.397. The van der Waals surface area contributed by atoms with Gasteiger partial charge in [0.1, 0.15) is 15.7 Å². The second-order valence-electron chi connectivity index (χ2n) is 5.28. The Kier molecular flexibility index (Phi) is 4.33. The number of benzene rings is 1. The summed E-state index contributed by atoms with van der Waals surface area (Å²) in [5.74, 6) is 0. The summed E-state index contributed by atoms with van der Waals surface area (Å²) in [4.78, 5) is 13.9. The Hall–Kier alpha value is -2.15. The molecule has 0 saturated carbocycles. The van der Waals surface area contributed by atoms with Crippen molar-refractivity contribution in [1.29, 1.82) is 0 Å². The molecule has 5 nitrogen and oxygen atoms in total. The van der Waals surface area contributed by atoms with E-state index >= 15 is 0 Å². The molecule has 0 spiro atoms. The van der Waals surface area contributed by atoms with Crippen molar-refractivity contribution in [3.63, 3.8) is 0 Å². The number of aryl methyl sites for hydroxylation is 1. The Bertz CT molecular complexity index is 1080. The van der Waals surface area contributed by atoms with Crippen molar-refractivity contribution in [2.24, 2.45) is 7.05 Å². The molecule has 3 aromatic heterocycles. The number of halogens is 2. The minimum atomic E-state index is 0.397. The molecule has 1 aromatic carbocycles. The maximum absolute atomic E-state index is 6.59. The van der Waals surface area contributed by atoms with Crippen molar-refractivity contribution < 1.29 is 0 Å². The lowest BCUT2D eigenvalue weighted by Gasteiger charge is -2.07. The summed E-state index contributed by atoms with van der Waals surface area (Å²) in [6.45, 7) is 0. The molecule has 0 atom stereocenters. The first kappa shape index (κ1) is 16.3. The zero-order valence-electron chi connectivity index (χ0n) is 13.0. The van der Waals surface area contributed by atoms with Gasteiger partial charge < -0.3 is 0 Å². The van der Waals surface area contributed by atoms with Crippen LogP contribution in [0.3, 0.4) is 0 Å². The van der Waals surface area contributed by atoms with Gasteiger partial charge in [-0.05, 0) is 24.3 Å². The van der Waals surface area contributed by atoms with Crippen LogP contribution < -0.4 is 0 Å². The van der Waals surface area contributed by atoms with Gasteiger partial charge in [0.15, 0.2) is 5.65 Å². The molecule has 8 heteroatoms. The molecule has 0 aliphatic heterocycles. The average molecular weight is 388 g/mol. The summed E-state index contributed by atoms with van der Waals surface area (Å²) < 4.78 is 1.75. The fourth-order valence-corrected chi connectivity index (χ4v) is 3.67. The van der Waals surface area contributed by atoms with E-state index in [9.17, 15) is 0 Å². The Morgan fingerprint density at radius 2 is 1.92 bits per heavy atom. The van der Waals surface area contributed by atoms with Crippen molar-refractivity contribution in [2.45, 2.75) is 9.92 Å². The lowest BCUT2D eigenvalue weighted by Crippen LogP contribution is -1.91. The van der Waals surface area contributed by atoms with E-state index in [0.29, 0.717) is 21.3 Å². The van der Waals surface area contributed by atoms with Crippen molar-refractivity contribution >= 4 is 46.1 Å². The van der Waals surface area contributed by atoms with Crippen LogP contribution in [-0.2, 0) is 7.05 Å². The van der Waals surface area contributed by atoms with Gasteiger partial charge in [0.05, 0.1) is 16.9 Å². The fourth-order valence-electron chi connectivity index (χ4n) is 2.37. The van der Waals surface area contributed by atoms with Crippen molar-refractivity contribution in [2.75, 3.05) is 0 Å². The monoisotopic (exact) mass is 387 g/mol. The van der Waals surface area contributed by atoms with E-state index in [4.69, 9.17) is 23.2 Å². The second-order valence-corrected chi connectivity index (χ2v) is 7.11. The highest BCUT2D eigenvalue weighted by Gasteiger charge is 2.12. The maximum atomic E-state index is 6.59. The van der Waals surface area contributed by atoms with Crippen LogP contribution in [0.4, 0.5) is 0 Å². The van der Waals surface area contributed by atoms with E-state index in [-0.39, 0.29) is 0 Å². The Labute approximate surface area is 158 Å². The Morgan fingerprint density at radius 3 is 2.72 bits per heavy atom. The quantitative estimate of drug-likeness (QED) is 0.468. The smallest absolute Gasteiger partial charge is 0.179 e. The third kappa shape index (κ3) is 3.33. The van der Waals surface area contributed by atoms with Crippen LogP contribution in [-0.4, -0.2) is 24.7 Å². The predicted molar refractivity (Wildman–Crippen MR) is 100 cm³/mol. The molecule has 124 valence electrons. The molecule has 0 fully saturated rings. The van der Waals surface area contributed by atoms with Crippen molar-refractivity contribution in [3.8, 4) is 11.3 Å². The molecule has 3 heterocycles. The van der Waals surface area contributed by atoms with Gasteiger partial charge in [-0.3, -0.25) is 4.68 Å². The summed E-state index contributed by atoms with van der Waals surface area (Å²) in [6.07, 6.45) is 3.55. The summed E-state index contributed by atoms with van der Waals surface area (Å²) in [5, 5.41) is 6.18. The lowest BCUT2D eigenvalue weighted by atomic mass is 10.1. The van der Waals surface area contributed by atoms with Crippen molar-refractivity contribution in [3.05, 3.63) is 59.0 Å². The molecule has 0 aliphatic rings. The molecule has 25 heavy (non-hydrogen) atoms. The van der Waals surface area contributed by atoms with Gasteiger partial charge in [0.2, 0.25) is 0 Å². The maximum Gasteiger partial charge on any atom is 0.179 e. The summed E-state index contributed by atoms with van der Waals surface area (Å²) >= 11 is 13.9. The van der Waals surface area contributed by atoms with Gasteiger partial charge in [-0.25, -0.2) is 15.0 Å². The van der Waals surface area contributed by atoms with Crippen LogP contribution in [0.15, 0.2) is 58.7 Å². The molecular weight excluding hydrogens is 377 g/mol. The number of aromatic nitrogens is 5. The largest absolute Gasteiger partial charge is 0.275 e. The standard InChI is InChI=1S/C17H11Cl2N5S/c1-24-8-7-11(23-24)10-3-2-4-13(16(10)19)25-15-9-20-17-12(21-15)5-6-14(18)22-17/h2-9H,1H3. The number of rotatable bonds is 3. The highest BCUT2D eigenvalue weighted by atomic mass is 35.5. The van der Waals surface area contributed by atoms with E-state index in [1.165, 1.54) is 11.8 Å². The number of nitrogens with zero attached hydrogens (tertiary/aromatic N) is 5. The number of fused-ring (bicyclic) bond motifs is 1. The van der Waals surface area contributed by atoms with Gasteiger partial charge in [0.25, 0.3) is 0 Å². The SMILES string of the molecule is Cn1ccc(-c2cccc(Sc3cnc4nc(Cl)ccc4n3)c2Cl)n1.